The van der Waals surface area contributed by atoms with Crippen LogP contribution in [0.4, 0.5) is 5.69 Å². The summed E-state index contributed by atoms with van der Waals surface area (Å²) in [5, 5.41) is 5.79. The Balaban J connectivity index is 1.31. The van der Waals surface area contributed by atoms with Crippen molar-refractivity contribution in [1.29, 1.82) is 0 Å². The van der Waals surface area contributed by atoms with Crippen molar-refractivity contribution < 1.29 is 19.1 Å². The normalized spacial score (nSPS) is 17.6. The van der Waals surface area contributed by atoms with Crippen LogP contribution in [0.1, 0.15) is 29.3 Å². The number of anilines is 1. The molecule has 2 amide bonds. The molecule has 0 radical (unpaired) electrons. The molecule has 2 aromatic carbocycles. The van der Waals surface area contributed by atoms with E-state index in [0.29, 0.717) is 29.3 Å². The van der Waals surface area contributed by atoms with Crippen LogP contribution in [0.3, 0.4) is 0 Å². The van der Waals surface area contributed by atoms with Gasteiger partial charge in [0.15, 0.2) is 11.5 Å². The first-order chi connectivity index (χ1) is 16.6. The van der Waals surface area contributed by atoms with Crippen LogP contribution in [-0.2, 0) is 4.79 Å². The van der Waals surface area contributed by atoms with Crippen LogP contribution < -0.4 is 20.1 Å². The molecule has 8 nitrogen and oxygen atoms in total. The highest BCUT2D eigenvalue weighted by atomic mass is 16.5. The van der Waals surface area contributed by atoms with Crippen molar-refractivity contribution >= 4 is 23.6 Å². The van der Waals surface area contributed by atoms with Crippen LogP contribution in [0.2, 0.25) is 0 Å². The Morgan fingerprint density at radius 2 is 1.91 bits per heavy atom. The third kappa shape index (κ3) is 5.76. The molecule has 2 aromatic rings. The Kier molecular flexibility index (Phi) is 7.82. The van der Waals surface area contributed by atoms with E-state index in [1.54, 1.807) is 31.4 Å². The molecule has 2 aliphatic rings. The Morgan fingerprint density at radius 1 is 1.15 bits per heavy atom. The maximum atomic E-state index is 12.6. The SMILES string of the molecule is CCN1CCN(CCCNC(=O)c2ccc3c(c2)NC(=O)/C(=C/c2ccccc2OC)O3)CC1. The molecule has 0 saturated carbocycles. The third-order valence-corrected chi connectivity index (χ3v) is 6.21. The maximum Gasteiger partial charge on any atom is 0.291 e. The van der Waals surface area contributed by atoms with Gasteiger partial charge in [-0.25, -0.2) is 0 Å². The monoisotopic (exact) mass is 464 g/mol. The molecule has 2 heterocycles. The molecule has 8 heteroatoms. The summed E-state index contributed by atoms with van der Waals surface area (Å²) < 4.78 is 11.2. The van der Waals surface area contributed by atoms with E-state index in [9.17, 15) is 9.59 Å². The van der Waals surface area contributed by atoms with Crippen molar-refractivity contribution in [2.45, 2.75) is 13.3 Å². The van der Waals surface area contributed by atoms with Gasteiger partial charge in [0.2, 0.25) is 0 Å². The summed E-state index contributed by atoms with van der Waals surface area (Å²) in [7, 11) is 1.58. The Hall–Kier alpha value is -3.36. The minimum absolute atomic E-state index is 0.161. The number of ether oxygens (including phenoxy) is 2. The van der Waals surface area contributed by atoms with Gasteiger partial charge in [-0.15, -0.1) is 0 Å². The minimum atomic E-state index is -0.376. The van der Waals surface area contributed by atoms with Gasteiger partial charge in [-0.3, -0.25) is 9.59 Å². The summed E-state index contributed by atoms with van der Waals surface area (Å²) in [6, 6.07) is 12.4. The van der Waals surface area contributed by atoms with Crippen molar-refractivity contribution in [2.24, 2.45) is 0 Å². The number of piperazine rings is 1. The van der Waals surface area contributed by atoms with E-state index in [2.05, 4.69) is 27.4 Å². The Morgan fingerprint density at radius 3 is 2.68 bits per heavy atom. The van der Waals surface area contributed by atoms with Crippen molar-refractivity contribution in [3.63, 3.8) is 0 Å². The highest BCUT2D eigenvalue weighted by Crippen LogP contribution is 2.33. The molecule has 0 unspecified atom stereocenters. The van der Waals surface area contributed by atoms with Gasteiger partial charge in [0.05, 0.1) is 12.8 Å². The molecule has 34 heavy (non-hydrogen) atoms. The number of methoxy groups -OCH3 is 1. The standard InChI is InChI=1S/C26H32N4O4/c1-3-29-13-15-30(16-14-29)12-6-11-27-25(31)20-9-10-23-21(17-20)28-26(32)24(34-23)18-19-7-4-5-8-22(19)33-2/h4-5,7-10,17-18H,3,6,11-16H2,1-2H3,(H,27,31)(H,28,32)/b24-18-. The number of fused-ring (bicyclic) bond motifs is 1. The van der Waals surface area contributed by atoms with Gasteiger partial charge in [0, 0.05) is 43.9 Å². The summed E-state index contributed by atoms with van der Waals surface area (Å²) in [6.45, 7) is 9.28. The van der Waals surface area contributed by atoms with E-state index in [1.165, 1.54) is 0 Å². The van der Waals surface area contributed by atoms with E-state index >= 15 is 0 Å². The molecular weight excluding hydrogens is 432 g/mol. The predicted molar refractivity (Wildman–Crippen MR) is 132 cm³/mol. The van der Waals surface area contributed by atoms with E-state index in [0.717, 1.165) is 51.3 Å². The van der Waals surface area contributed by atoms with Crippen LogP contribution in [0, 0.1) is 0 Å². The van der Waals surface area contributed by atoms with Crippen molar-refractivity contribution in [2.75, 3.05) is 58.2 Å². The van der Waals surface area contributed by atoms with Crippen molar-refractivity contribution in [3.05, 3.63) is 59.4 Å². The number of amides is 2. The average molecular weight is 465 g/mol. The average Bonchev–Trinajstić information content (AvgIpc) is 2.87. The summed E-state index contributed by atoms with van der Waals surface area (Å²) in [5.74, 6) is 0.757. The van der Waals surface area contributed by atoms with Gasteiger partial charge in [0.25, 0.3) is 11.8 Å². The fourth-order valence-electron chi connectivity index (χ4n) is 4.16. The molecule has 1 saturated heterocycles. The zero-order valence-corrected chi connectivity index (χ0v) is 19.8. The first-order valence-electron chi connectivity index (χ1n) is 11.8. The number of rotatable bonds is 8. The number of hydrogen-bond acceptors (Lipinski definition) is 6. The van der Waals surface area contributed by atoms with Gasteiger partial charge >= 0.3 is 0 Å². The number of carbonyl (C=O) groups is 2. The molecule has 0 aliphatic carbocycles. The van der Waals surface area contributed by atoms with Crippen LogP contribution in [0.5, 0.6) is 11.5 Å². The van der Waals surface area contributed by atoms with E-state index in [1.807, 2.05) is 24.3 Å². The molecular formula is C26H32N4O4. The lowest BCUT2D eigenvalue weighted by Gasteiger charge is -2.33. The van der Waals surface area contributed by atoms with Crippen LogP contribution in [0.25, 0.3) is 6.08 Å². The topological polar surface area (TPSA) is 83.1 Å². The molecule has 0 aromatic heterocycles. The highest BCUT2D eigenvalue weighted by Gasteiger charge is 2.24. The van der Waals surface area contributed by atoms with Crippen LogP contribution in [-0.4, -0.2) is 74.5 Å². The summed E-state index contributed by atoms with van der Waals surface area (Å²) in [5.41, 5.74) is 1.70. The second-order valence-electron chi connectivity index (χ2n) is 8.40. The fourth-order valence-corrected chi connectivity index (χ4v) is 4.16. The first kappa shape index (κ1) is 23.8. The maximum absolute atomic E-state index is 12.6. The lowest BCUT2D eigenvalue weighted by Crippen LogP contribution is -2.46. The number of nitrogens with one attached hydrogen (secondary N) is 2. The van der Waals surface area contributed by atoms with Crippen LogP contribution in [0.15, 0.2) is 48.2 Å². The molecule has 2 aliphatic heterocycles. The van der Waals surface area contributed by atoms with Gasteiger partial charge in [-0.2, -0.15) is 0 Å². The predicted octanol–water partition coefficient (Wildman–Crippen LogP) is 2.82. The second kappa shape index (κ2) is 11.2. The molecule has 1 fully saturated rings. The number of hydrogen-bond donors (Lipinski definition) is 2. The number of likely N-dealkylation sites (N-methyl/N-ethyl adjacent to an activating group) is 1. The van der Waals surface area contributed by atoms with Gasteiger partial charge in [0.1, 0.15) is 5.75 Å². The molecule has 0 bridgehead atoms. The minimum Gasteiger partial charge on any atom is -0.496 e. The molecule has 0 spiro atoms. The first-order valence-corrected chi connectivity index (χ1v) is 11.8. The smallest absolute Gasteiger partial charge is 0.291 e. The molecule has 180 valence electrons. The summed E-state index contributed by atoms with van der Waals surface area (Å²) in [6.07, 6.45) is 2.54. The van der Waals surface area contributed by atoms with Gasteiger partial charge < -0.3 is 29.9 Å². The number of nitrogens with zero attached hydrogens (tertiary/aromatic N) is 2. The summed E-state index contributed by atoms with van der Waals surface area (Å²) in [4.78, 5) is 30.1. The number of benzene rings is 2. The molecule has 4 rings (SSSR count). The fraction of sp³-hybridized carbons (Fsp3) is 0.385. The molecule has 2 N–H and O–H groups in total. The van der Waals surface area contributed by atoms with E-state index in [4.69, 9.17) is 9.47 Å². The largest absolute Gasteiger partial charge is 0.496 e. The zero-order valence-electron chi connectivity index (χ0n) is 19.8. The van der Waals surface area contributed by atoms with Gasteiger partial charge in [-0.05, 0) is 49.9 Å². The lowest BCUT2D eigenvalue weighted by atomic mass is 10.1. The Bertz CT molecular complexity index is 1060. The summed E-state index contributed by atoms with van der Waals surface area (Å²) >= 11 is 0. The third-order valence-electron chi connectivity index (χ3n) is 6.21. The number of para-hydroxylation sites is 1. The number of carbonyl (C=O) groups excluding carboxylic acids is 2. The second-order valence-corrected chi connectivity index (χ2v) is 8.40. The lowest BCUT2D eigenvalue weighted by molar-refractivity contribution is -0.115. The van der Waals surface area contributed by atoms with Gasteiger partial charge in [-0.1, -0.05) is 25.1 Å². The quantitative estimate of drug-likeness (QED) is 0.462. The zero-order chi connectivity index (χ0) is 23.9. The van der Waals surface area contributed by atoms with E-state index < -0.39 is 0 Å². The van der Waals surface area contributed by atoms with Crippen molar-refractivity contribution in [1.82, 2.24) is 15.1 Å². The van der Waals surface area contributed by atoms with Crippen molar-refractivity contribution in [3.8, 4) is 11.5 Å². The highest BCUT2D eigenvalue weighted by molar-refractivity contribution is 6.09. The van der Waals surface area contributed by atoms with E-state index in [-0.39, 0.29) is 17.6 Å². The molecule has 0 atom stereocenters. The van der Waals surface area contributed by atoms with Crippen LogP contribution >= 0.6 is 0 Å². The Labute approximate surface area is 200 Å².